The van der Waals surface area contributed by atoms with Gasteiger partial charge in [-0.1, -0.05) is 0 Å². The average molecular weight is 345 g/mol. The Labute approximate surface area is 143 Å². The van der Waals surface area contributed by atoms with Crippen LogP contribution >= 0.6 is 12.4 Å². The highest BCUT2D eigenvalue weighted by molar-refractivity contribution is 5.85. The molecule has 130 valence electrons. The minimum absolute atomic E-state index is 0. The molecule has 1 fully saturated rings. The predicted octanol–water partition coefficient (Wildman–Crippen LogP) is 1.89. The Balaban J connectivity index is 0.00000264. The monoisotopic (exact) mass is 344 g/mol. The molecule has 0 saturated carbocycles. The Morgan fingerprint density at radius 1 is 1.22 bits per heavy atom. The number of benzene rings is 1. The summed E-state index contributed by atoms with van der Waals surface area (Å²) in [5.74, 6) is 1.95. The quantitative estimate of drug-likeness (QED) is 0.790. The third kappa shape index (κ3) is 5.18. The van der Waals surface area contributed by atoms with Crippen molar-refractivity contribution in [2.45, 2.75) is 31.8 Å². The first-order valence-electron chi connectivity index (χ1n) is 7.47. The van der Waals surface area contributed by atoms with Gasteiger partial charge in [-0.2, -0.15) is 0 Å². The molecule has 0 spiro atoms. The maximum atomic E-state index is 12.0. The molecule has 0 aliphatic carbocycles. The largest absolute Gasteiger partial charge is 0.496 e. The third-order valence-corrected chi connectivity index (χ3v) is 3.87. The molecule has 1 aliphatic heterocycles. The second-order valence-corrected chi connectivity index (χ2v) is 5.28. The Kier molecular flexibility index (Phi) is 7.98. The van der Waals surface area contributed by atoms with E-state index in [-0.39, 0.29) is 18.3 Å². The summed E-state index contributed by atoms with van der Waals surface area (Å²) in [6.07, 6.45) is 2.70. The number of halogens is 1. The van der Waals surface area contributed by atoms with Gasteiger partial charge in [-0.3, -0.25) is 4.79 Å². The highest BCUT2D eigenvalue weighted by Gasteiger charge is 2.19. The van der Waals surface area contributed by atoms with Crippen LogP contribution in [0.25, 0.3) is 0 Å². The number of rotatable bonds is 7. The molecule has 7 heteroatoms. The van der Waals surface area contributed by atoms with Crippen LogP contribution in [0, 0.1) is 0 Å². The Morgan fingerprint density at radius 2 is 1.87 bits per heavy atom. The minimum Gasteiger partial charge on any atom is -0.496 e. The van der Waals surface area contributed by atoms with E-state index in [1.807, 2.05) is 0 Å². The molecule has 1 heterocycles. The molecule has 1 aromatic rings. The average Bonchev–Trinajstić information content (AvgIpc) is 3.04. The number of hydrogen-bond donors (Lipinski definition) is 2. The Morgan fingerprint density at radius 3 is 2.35 bits per heavy atom. The summed E-state index contributed by atoms with van der Waals surface area (Å²) in [4.78, 5) is 12.0. The molecule has 23 heavy (non-hydrogen) atoms. The van der Waals surface area contributed by atoms with E-state index < -0.39 is 0 Å². The van der Waals surface area contributed by atoms with Crippen molar-refractivity contribution in [3.8, 4) is 17.2 Å². The summed E-state index contributed by atoms with van der Waals surface area (Å²) in [6, 6.07) is 3.85. The summed E-state index contributed by atoms with van der Waals surface area (Å²) >= 11 is 0. The topological polar surface area (TPSA) is 68.8 Å². The van der Waals surface area contributed by atoms with Crippen molar-refractivity contribution >= 4 is 18.3 Å². The Bertz CT molecular complexity index is 494. The lowest BCUT2D eigenvalue weighted by atomic mass is 10.1. The maximum Gasteiger partial charge on any atom is 0.221 e. The molecule has 1 atom stereocenters. The SMILES string of the molecule is COc1cc(OC)c(CNC(=O)CC2CCCN2)c(OC)c1.Cl. The van der Waals surface area contributed by atoms with Crippen molar-refractivity contribution in [3.05, 3.63) is 17.7 Å². The fourth-order valence-corrected chi connectivity index (χ4v) is 2.67. The van der Waals surface area contributed by atoms with Crippen molar-refractivity contribution < 1.29 is 19.0 Å². The van der Waals surface area contributed by atoms with Crippen LogP contribution in [0.15, 0.2) is 12.1 Å². The van der Waals surface area contributed by atoms with Crippen molar-refractivity contribution in [1.29, 1.82) is 0 Å². The summed E-state index contributed by atoms with van der Waals surface area (Å²) < 4.78 is 16.0. The van der Waals surface area contributed by atoms with E-state index in [9.17, 15) is 4.79 Å². The first-order chi connectivity index (χ1) is 10.7. The number of hydrogen-bond acceptors (Lipinski definition) is 5. The van der Waals surface area contributed by atoms with Crippen molar-refractivity contribution in [3.63, 3.8) is 0 Å². The van der Waals surface area contributed by atoms with Crippen LogP contribution in [0.5, 0.6) is 17.2 Å². The standard InChI is InChI=1S/C16H24N2O4.ClH/c1-20-12-8-14(21-2)13(15(9-12)22-3)10-18-16(19)7-11-5-4-6-17-11;/h8-9,11,17H,4-7,10H2,1-3H3,(H,18,19);1H. The van der Waals surface area contributed by atoms with Crippen LogP contribution in [0.4, 0.5) is 0 Å². The first kappa shape index (κ1) is 19.4. The maximum absolute atomic E-state index is 12.0. The lowest BCUT2D eigenvalue weighted by Crippen LogP contribution is -2.31. The molecule has 1 saturated heterocycles. The molecule has 0 radical (unpaired) electrons. The number of amides is 1. The van der Waals surface area contributed by atoms with Crippen molar-refractivity contribution in [2.75, 3.05) is 27.9 Å². The van der Waals surface area contributed by atoms with Crippen LogP contribution in [0.1, 0.15) is 24.8 Å². The number of ether oxygens (including phenoxy) is 3. The zero-order valence-corrected chi connectivity index (χ0v) is 14.6. The summed E-state index contributed by atoms with van der Waals surface area (Å²) in [7, 11) is 4.76. The lowest BCUT2D eigenvalue weighted by molar-refractivity contribution is -0.121. The number of carbonyl (C=O) groups excluding carboxylic acids is 1. The predicted molar refractivity (Wildman–Crippen MR) is 90.8 cm³/mol. The van der Waals surface area contributed by atoms with Gasteiger partial charge in [0.2, 0.25) is 5.91 Å². The number of carbonyl (C=O) groups is 1. The molecule has 2 N–H and O–H groups in total. The molecule has 1 unspecified atom stereocenters. The van der Waals surface area contributed by atoms with Crippen molar-refractivity contribution in [2.24, 2.45) is 0 Å². The fourth-order valence-electron chi connectivity index (χ4n) is 2.67. The van der Waals surface area contributed by atoms with E-state index in [1.54, 1.807) is 33.5 Å². The van der Waals surface area contributed by atoms with Gasteiger partial charge < -0.3 is 24.8 Å². The van der Waals surface area contributed by atoms with E-state index in [0.29, 0.717) is 36.3 Å². The second-order valence-electron chi connectivity index (χ2n) is 5.28. The molecule has 6 nitrogen and oxygen atoms in total. The van der Waals surface area contributed by atoms with Gasteiger partial charge in [-0.25, -0.2) is 0 Å². The molecule has 1 aromatic carbocycles. The van der Waals surface area contributed by atoms with Crippen molar-refractivity contribution in [1.82, 2.24) is 10.6 Å². The van der Waals surface area contributed by atoms with Crippen LogP contribution in [-0.2, 0) is 11.3 Å². The van der Waals surface area contributed by atoms with Gasteiger partial charge in [-0.05, 0) is 19.4 Å². The summed E-state index contributed by atoms with van der Waals surface area (Å²) in [5.41, 5.74) is 0.804. The molecular weight excluding hydrogens is 320 g/mol. The van der Waals surface area contributed by atoms with Gasteiger partial charge in [-0.15, -0.1) is 12.4 Å². The van der Waals surface area contributed by atoms with Gasteiger partial charge in [0, 0.05) is 24.6 Å². The molecule has 2 rings (SSSR count). The summed E-state index contributed by atoms with van der Waals surface area (Å²) in [6.45, 7) is 1.36. The van der Waals surface area contributed by atoms with Crippen LogP contribution in [0.3, 0.4) is 0 Å². The van der Waals surface area contributed by atoms with Gasteiger partial charge in [0.25, 0.3) is 0 Å². The first-order valence-corrected chi connectivity index (χ1v) is 7.47. The van der Waals surface area contributed by atoms with Gasteiger partial charge in [0.1, 0.15) is 17.2 Å². The van der Waals surface area contributed by atoms with E-state index in [0.717, 1.165) is 24.9 Å². The smallest absolute Gasteiger partial charge is 0.221 e. The molecular formula is C16H25ClN2O4. The van der Waals surface area contributed by atoms with Crippen LogP contribution in [0.2, 0.25) is 0 Å². The third-order valence-electron chi connectivity index (χ3n) is 3.87. The van der Waals surface area contributed by atoms with E-state index in [2.05, 4.69) is 10.6 Å². The summed E-state index contributed by atoms with van der Waals surface area (Å²) in [5, 5.41) is 6.25. The van der Waals surface area contributed by atoms with Crippen LogP contribution in [-0.4, -0.2) is 39.8 Å². The second kappa shape index (κ2) is 9.47. The Hall–Kier alpha value is -1.66. The molecule has 1 amide bonds. The molecule has 0 aromatic heterocycles. The van der Waals surface area contributed by atoms with E-state index in [1.165, 1.54) is 0 Å². The zero-order chi connectivity index (χ0) is 15.9. The van der Waals surface area contributed by atoms with Gasteiger partial charge in [0.05, 0.1) is 33.4 Å². The van der Waals surface area contributed by atoms with E-state index >= 15 is 0 Å². The molecule has 1 aliphatic rings. The zero-order valence-electron chi connectivity index (χ0n) is 13.8. The van der Waals surface area contributed by atoms with E-state index in [4.69, 9.17) is 14.2 Å². The fraction of sp³-hybridized carbons (Fsp3) is 0.562. The molecule has 0 bridgehead atoms. The minimum atomic E-state index is 0. The highest BCUT2D eigenvalue weighted by Crippen LogP contribution is 2.33. The van der Waals surface area contributed by atoms with Crippen LogP contribution < -0.4 is 24.8 Å². The highest BCUT2D eigenvalue weighted by atomic mass is 35.5. The number of nitrogens with one attached hydrogen (secondary N) is 2. The normalized spacial score (nSPS) is 16.4. The number of methoxy groups -OCH3 is 3. The van der Waals surface area contributed by atoms with Gasteiger partial charge >= 0.3 is 0 Å². The lowest BCUT2D eigenvalue weighted by Gasteiger charge is -2.16. The van der Waals surface area contributed by atoms with Gasteiger partial charge in [0.15, 0.2) is 0 Å².